The maximum absolute atomic E-state index is 13.0. The number of hydrogen-bond donors (Lipinski definition) is 1. The Morgan fingerprint density at radius 2 is 1.97 bits per heavy atom. The number of ketones is 1. The molecule has 1 fully saturated rings. The third-order valence-corrected chi connectivity index (χ3v) is 5.20. The van der Waals surface area contributed by atoms with Gasteiger partial charge in [0.15, 0.2) is 0 Å². The number of Topliss-reactive ketones (excluding diaryl/α,β-unsaturated/α-hetero) is 1. The normalized spacial score (nSPS) is 17.7. The number of ether oxygens (including phenoxy) is 2. The molecule has 3 rings (SSSR count). The molecule has 1 aliphatic heterocycles. The van der Waals surface area contributed by atoms with E-state index in [0.29, 0.717) is 48.1 Å². The van der Waals surface area contributed by atoms with Gasteiger partial charge in [0.1, 0.15) is 18.1 Å². The van der Waals surface area contributed by atoms with Gasteiger partial charge in [-0.05, 0) is 48.4 Å². The largest absolute Gasteiger partial charge is 0.507 e. The number of aliphatic hydroxyl groups excluding tert-OH is 1. The first-order valence-corrected chi connectivity index (χ1v) is 10.2. The van der Waals surface area contributed by atoms with Crippen molar-refractivity contribution >= 4 is 29.1 Å². The van der Waals surface area contributed by atoms with Crippen molar-refractivity contribution in [3.8, 4) is 5.75 Å². The monoisotopic (exact) mass is 441 g/mol. The zero-order valence-corrected chi connectivity index (χ0v) is 18.0. The van der Waals surface area contributed by atoms with Gasteiger partial charge in [0.2, 0.25) is 0 Å². The molecular weight excluding hydrogens is 418 g/mol. The van der Waals surface area contributed by atoms with E-state index in [4.69, 9.17) is 21.1 Å². The summed E-state index contributed by atoms with van der Waals surface area (Å²) >= 11 is 5.95. The number of amides is 1. The third kappa shape index (κ3) is 4.98. The highest BCUT2D eigenvalue weighted by atomic mass is 35.5. The molecule has 0 spiro atoms. The molecule has 1 amide bonds. The number of aliphatic hydroxyl groups is 1. The van der Waals surface area contributed by atoms with E-state index in [1.807, 2.05) is 0 Å². The summed E-state index contributed by atoms with van der Waals surface area (Å²) in [6.45, 7) is 4.71. The van der Waals surface area contributed by atoms with E-state index in [1.54, 1.807) is 61.7 Å². The fraction of sp³-hybridized carbons (Fsp3) is 0.250. The Morgan fingerprint density at radius 1 is 1.23 bits per heavy atom. The molecule has 0 aromatic heterocycles. The first kappa shape index (κ1) is 22.6. The first-order valence-electron chi connectivity index (χ1n) is 9.85. The minimum Gasteiger partial charge on any atom is -0.507 e. The van der Waals surface area contributed by atoms with Gasteiger partial charge in [-0.25, -0.2) is 0 Å². The molecule has 1 saturated heterocycles. The van der Waals surface area contributed by atoms with Crippen LogP contribution >= 0.6 is 11.6 Å². The molecule has 1 heterocycles. The smallest absolute Gasteiger partial charge is 0.295 e. The van der Waals surface area contributed by atoms with E-state index in [2.05, 4.69) is 6.58 Å². The number of likely N-dealkylation sites (tertiary alicyclic amines) is 1. The van der Waals surface area contributed by atoms with Crippen LogP contribution in [0.15, 0.2) is 66.8 Å². The number of hydrogen-bond acceptors (Lipinski definition) is 5. The summed E-state index contributed by atoms with van der Waals surface area (Å²) in [6.07, 6.45) is 2.18. The van der Waals surface area contributed by atoms with E-state index in [0.717, 1.165) is 0 Å². The van der Waals surface area contributed by atoms with Gasteiger partial charge in [0.25, 0.3) is 11.7 Å². The molecule has 1 atom stereocenters. The minimum absolute atomic E-state index is 0.0330. The maximum atomic E-state index is 13.0. The molecule has 0 bridgehead atoms. The molecule has 7 heteroatoms. The summed E-state index contributed by atoms with van der Waals surface area (Å²) in [5.41, 5.74) is 1.10. The van der Waals surface area contributed by atoms with Gasteiger partial charge >= 0.3 is 0 Å². The molecule has 31 heavy (non-hydrogen) atoms. The fourth-order valence-electron chi connectivity index (χ4n) is 3.53. The molecule has 0 saturated carbocycles. The Labute approximate surface area is 186 Å². The highest BCUT2D eigenvalue weighted by Gasteiger charge is 2.45. The van der Waals surface area contributed by atoms with Crippen molar-refractivity contribution in [2.24, 2.45) is 0 Å². The molecular formula is C24H24ClNO5. The topological polar surface area (TPSA) is 76.1 Å². The van der Waals surface area contributed by atoms with Crippen molar-refractivity contribution < 1.29 is 24.2 Å². The number of carbonyl (C=O) groups excluding carboxylic acids is 2. The molecule has 0 radical (unpaired) electrons. The summed E-state index contributed by atoms with van der Waals surface area (Å²) in [7, 11) is 1.58. The van der Waals surface area contributed by atoms with Gasteiger partial charge in [0.05, 0.1) is 11.6 Å². The van der Waals surface area contributed by atoms with Crippen LogP contribution in [0.2, 0.25) is 5.02 Å². The molecule has 1 unspecified atom stereocenters. The van der Waals surface area contributed by atoms with E-state index in [-0.39, 0.29) is 11.3 Å². The summed E-state index contributed by atoms with van der Waals surface area (Å²) < 4.78 is 10.7. The van der Waals surface area contributed by atoms with Gasteiger partial charge in [-0.1, -0.05) is 36.4 Å². The molecule has 162 valence electrons. The van der Waals surface area contributed by atoms with E-state index in [1.165, 1.54) is 4.90 Å². The zero-order chi connectivity index (χ0) is 22.4. The maximum Gasteiger partial charge on any atom is 0.295 e. The van der Waals surface area contributed by atoms with Crippen LogP contribution in [0.25, 0.3) is 5.76 Å². The lowest BCUT2D eigenvalue weighted by Gasteiger charge is -2.25. The Hall–Kier alpha value is -3.09. The molecule has 1 N–H and O–H groups in total. The number of rotatable bonds is 9. The Kier molecular flexibility index (Phi) is 7.50. The highest BCUT2D eigenvalue weighted by Crippen LogP contribution is 2.40. The second kappa shape index (κ2) is 10.3. The molecule has 2 aromatic carbocycles. The van der Waals surface area contributed by atoms with E-state index >= 15 is 0 Å². The van der Waals surface area contributed by atoms with Gasteiger partial charge in [-0.15, -0.1) is 0 Å². The Morgan fingerprint density at radius 3 is 2.65 bits per heavy atom. The van der Waals surface area contributed by atoms with Crippen molar-refractivity contribution in [2.45, 2.75) is 12.5 Å². The predicted molar refractivity (Wildman–Crippen MR) is 119 cm³/mol. The van der Waals surface area contributed by atoms with Crippen molar-refractivity contribution in [2.75, 3.05) is 26.9 Å². The van der Waals surface area contributed by atoms with Crippen LogP contribution in [0.5, 0.6) is 5.75 Å². The van der Waals surface area contributed by atoms with E-state index < -0.39 is 17.7 Å². The van der Waals surface area contributed by atoms with Crippen molar-refractivity contribution in [3.63, 3.8) is 0 Å². The van der Waals surface area contributed by atoms with Gasteiger partial charge in [-0.3, -0.25) is 9.59 Å². The quantitative estimate of drug-likeness (QED) is 0.206. The first-order chi connectivity index (χ1) is 15.0. The van der Waals surface area contributed by atoms with Crippen molar-refractivity contribution in [1.29, 1.82) is 0 Å². The SMILES string of the molecule is C=CCOc1cccc(C2/C(=C(\O)c3ccc(Cl)cc3)C(=O)C(=O)N2CCCOC)c1. The average Bonchev–Trinajstić information content (AvgIpc) is 3.03. The van der Waals surface area contributed by atoms with Gasteiger partial charge in [-0.2, -0.15) is 0 Å². The minimum atomic E-state index is -0.750. The van der Waals surface area contributed by atoms with Crippen LogP contribution < -0.4 is 4.74 Å². The predicted octanol–water partition coefficient (Wildman–Crippen LogP) is 4.36. The zero-order valence-electron chi connectivity index (χ0n) is 17.2. The number of halogens is 1. The fourth-order valence-corrected chi connectivity index (χ4v) is 3.66. The summed E-state index contributed by atoms with van der Waals surface area (Å²) in [6, 6.07) is 12.8. The highest BCUT2D eigenvalue weighted by molar-refractivity contribution is 6.46. The van der Waals surface area contributed by atoms with Crippen LogP contribution in [-0.2, 0) is 14.3 Å². The summed E-state index contributed by atoms with van der Waals surface area (Å²) in [4.78, 5) is 27.3. The van der Waals surface area contributed by atoms with Crippen molar-refractivity contribution in [1.82, 2.24) is 4.90 Å². The standard InChI is InChI=1S/C24H24ClNO5/c1-3-13-31-19-7-4-6-17(15-19)21-20(22(27)16-8-10-18(25)11-9-16)23(28)24(29)26(21)12-5-14-30-2/h3-4,6-11,15,21,27H,1,5,12-14H2,2H3/b22-20+. The van der Waals surface area contributed by atoms with Crippen LogP contribution in [0, 0.1) is 0 Å². The number of carbonyl (C=O) groups is 2. The Bertz CT molecular complexity index is 999. The lowest BCUT2D eigenvalue weighted by atomic mass is 9.95. The molecule has 0 aliphatic carbocycles. The van der Waals surface area contributed by atoms with Gasteiger partial charge in [0, 0.05) is 30.8 Å². The number of methoxy groups -OCH3 is 1. The second-order valence-corrected chi connectivity index (χ2v) is 7.45. The lowest BCUT2D eigenvalue weighted by Crippen LogP contribution is -2.31. The Balaban J connectivity index is 2.10. The van der Waals surface area contributed by atoms with Crippen LogP contribution in [-0.4, -0.2) is 48.6 Å². The third-order valence-electron chi connectivity index (χ3n) is 4.95. The van der Waals surface area contributed by atoms with Crippen molar-refractivity contribution in [3.05, 3.63) is 82.9 Å². The van der Waals surface area contributed by atoms with Gasteiger partial charge < -0.3 is 19.5 Å². The van der Waals surface area contributed by atoms with E-state index in [9.17, 15) is 14.7 Å². The summed E-state index contributed by atoms with van der Waals surface area (Å²) in [5.74, 6) is -1.06. The number of nitrogens with zero attached hydrogens (tertiary/aromatic N) is 1. The number of benzene rings is 2. The molecule has 2 aromatic rings. The second-order valence-electron chi connectivity index (χ2n) is 7.02. The lowest BCUT2D eigenvalue weighted by molar-refractivity contribution is -0.140. The van der Waals surface area contributed by atoms with Crippen LogP contribution in [0.3, 0.4) is 0 Å². The molecule has 1 aliphatic rings. The summed E-state index contributed by atoms with van der Waals surface area (Å²) in [5, 5.41) is 11.5. The average molecular weight is 442 g/mol. The van der Waals surface area contributed by atoms with Crippen LogP contribution in [0.1, 0.15) is 23.6 Å². The van der Waals surface area contributed by atoms with Crippen LogP contribution in [0.4, 0.5) is 0 Å². The molecule has 6 nitrogen and oxygen atoms in total.